The van der Waals surface area contributed by atoms with Gasteiger partial charge in [-0.15, -0.1) is 0 Å². The molecule has 0 unspecified atom stereocenters. The zero-order valence-corrected chi connectivity index (χ0v) is 12.7. The van der Waals surface area contributed by atoms with E-state index in [0.29, 0.717) is 16.8 Å². The van der Waals surface area contributed by atoms with Gasteiger partial charge in [0, 0.05) is 16.7 Å². The van der Waals surface area contributed by atoms with E-state index in [1.807, 2.05) is 55.5 Å². The van der Waals surface area contributed by atoms with E-state index in [9.17, 15) is 9.59 Å². The van der Waals surface area contributed by atoms with Crippen molar-refractivity contribution < 1.29 is 9.59 Å². The number of carbonyl (C=O) groups is 2. The number of fused-ring (bicyclic) bond motifs is 2. The fourth-order valence-corrected chi connectivity index (χ4v) is 4.19. The van der Waals surface area contributed by atoms with E-state index in [2.05, 4.69) is 5.32 Å². The summed E-state index contributed by atoms with van der Waals surface area (Å²) in [7, 11) is 0. The highest BCUT2D eigenvalue weighted by molar-refractivity contribution is 8.14. The summed E-state index contributed by atoms with van der Waals surface area (Å²) in [6, 6.07) is 15.4. The van der Waals surface area contributed by atoms with E-state index < -0.39 is 0 Å². The first-order valence-corrected chi connectivity index (χ1v) is 7.96. The summed E-state index contributed by atoms with van der Waals surface area (Å²) in [5.74, 6) is 0.0198. The minimum atomic E-state index is -0.246. The van der Waals surface area contributed by atoms with Crippen LogP contribution in [0.1, 0.15) is 32.3 Å². The van der Waals surface area contributed by atoms with E-state index in [-0.39, 0.29) is 16.3 Å². The molecule has 1 amide bonds. The molecule has 0 saturated heterocycles. The lowest BCUT2D eigenvalue weighted by Gasteiger charge is -2.25. The van der Waals surface area contributed by atoms with Gasteiger partial charge in [0.15, 0.2) is 5.78 Å². The molecule has 0 bridgehead atoms. The van der Waals surface area contributed by atoms with Crippen LogP contribution in [0.2, 0.25) is 0 Å². The lowest BCUT2D eigenvalue weighted by atomic mass is 9.97. The molecule has 1 atom stereocenters. The van der Waals surface area contributed by atoms with Crippen molar-refractivity contribution in [2.75, 3.05) is 0 Å². The number of thioether (sulfide) groups is 1. The maximum absolute atomic E-state index is 12.8. The number of amides is 1. The number of Topliss-reactive ketones (excluding diaryl/α,β-unsaturated/α-hetero) is 1. The zero-order chi connectivity index (χ0) is 15.3. The molecule has 1 aliphatic heterocycles. The van der Waals surface area contributed by atoms with Crippen LogP contribution in [0.25, 0.3) is 5.70 Å². The Balaban J connectivity index is 1.93. The molecule has 0 spiro atoms. The molecule has 4 heteroatoms. The maximum atomic E-state index is 12.8. The second-order valence-corrected chi connectivity index (χ2v) is 6.51. The molecule has 108 valence electrons. The molecular weight excluding hydrogens is 294 g/mol. The first-order valence-electron chi connectivity index (χ1n) is 7.08. The number of hydrogen-bond acceptors (Lipinski definition) is 3. The van der Waals surface area contributed by atoms with Crippen molar-refractivity contribution in [3.63, 3.8) is 0 Å². The number of ketones is 1. The Hall–Kier alpha value is -2.33. The van der Waals surface area contributed by atoms with Gasteiger partial charge in [-0.2, -0.15) is 0 Å². The van der Waals surface area contributed by atoms with Gasteiger partial charge in [0.25, 0.3) is 5.24 Å². The lowest BCUT2D eigenvalue weighted by molar-refractivity contribution is 0.103. The second-order valence-electron chi connectivity index (χ2n) is 5.43. The van der Waals surface area contributed by atoms with Gasteiger partial charge >= 0.3 is 0 Å². The normalized spacial score (nSPS) is 19.8. The Kier molecular flexibility index (Phi) is 2.94. The number of carbonyl (C=O) groups excluding carboxylic acids is 2. The van der Waals surface area contributed by atoms with Crippen LogP contribution in [0.3, 0.4) is 0 Å². The molecule has 0 radical (unpaired) electrons. The Morgan fingerprint density at radius 1 is 0.955 bits per heavy atom. The summed E-state index contributed by atoms with van der Waals surface area (Å²) in [5, 5.41) is 2.51. The summed E-state index contributed by atoms with van der Waals surface area (Å²) < 4.78 is 0. The van der Waals surface area contributed by atoms with Crippen molar-refractivity contribution in [3.8, 4) is 0 Å². The first kappa shape index (κ1) is 13.3. The number of aryl methyl sites for hydroxylation is 1. The van der Waals surface area contributed by atoms with Crippen molar-refractivity contribution in [2.45, 2.75) is 12.2 Å². The average molecular weight is 307 g/mol. The van der Waals surface area contributed by atoms with Crippen molar-refractivity contribution >= 4 is 28.5 Å². The van der Waals surface area contributed by atoms with E-state index in [1.54, 1.807) is 0 Å². The van der Waals surface area contributed by atoms with Crippen LogP contribution < -0.4 is 5.32 Å². The minimum absolute atomic E-state index is 0.0198. The summed E-state index contributed by atoms with van der Waals surface area (Å²) in [6.45, 7) is 2.01. The molecule has 22 heavy (non-hydrogen) atoms. The fourth-order valence-electron chi connectivity index (χ4n) is 3.09. The smallest absolute Gasteiger partial charge is 0.284 e. The zero-order valence-electron chi connectivity index (χ0n) is 11.9. The van der Waals surface area contributed by atoms with Crippen molar-refractivity contribution in [1.29, 1.82) is 0 Å². The second kappa shape index (κ2) is 4.85. The number of rotatable bonds is 1. The van der Waals surface area contributed by atoms with Crippen LogP contribution in [0.5, 0.6) is 0 Å². The molecule has 0 saturated carbocycles. The largest absolute Gasteiger partial charge is 0.316 e. The molecule has 1 aliphatic carbocycles. The third kappa shape index (κ3) is 1.84. The average Bonchev–Trinajstić information content (AvgIpc) is 2.81. The summed E-state index contributed by atoms with van der Waals surface area (Å²) >= 11 is 1.18. The predicted molar refractivity (Wildman–Crippen MR) is 87.7 cm³/mol. The Labute approximate surface area is 132 Å². The number of benzene rings is 2. The minimum Gasteiger partial charge on any atom is -0.316 e. The Bertz CT molecular complexity index is 854. The Morgan fingerprint density at radius 3 is 2.41 bits per heavy atom. The fraction of sp³-hybridized carbons (Fsp3) is 0.111. The van der Waals surface area contributed by atoms with Crippen LogP contribution in [-0.2, 0) is 0 Å². The summed E-state index contributed by atoms with van der Waals surface area (Å²) in [6.07, 6.45) is 0. The molecule has 1 N–H and O–H groups in total. The van der Waals surface area contributed by atoms with Gasteiger partial charge in [-0.05, 0) is 18.1 Å². The molecule has 1 heterocycles. The van der Waals surface area contributed by atoms with E-state index in [1.165, 1.54) is 11.8 Å². The van der Waals surface area contributed by atoms with Crippen LogP contribution >= 0.6 is 11.8 Å². The van der Waals surface area contributed by atoms with E-state index in [4.69, 9.17) is 0 Å². The predicted octanol–water partition coefficient (Wildman–Crippen LogP) is 4.10. The quantitative estimate of drug-likeness (QED) is 0.862. The highest BCUT2D eigenvalue weighted by atomic mass is 32.2. The topological polar surface area (TPSA) is 46.2 Å². The summed E-state index contributed by atoms with van der Waals surface area (Å²) in [4.78, 5) is 24.9. The van der Waals surface area contributed by atoms with Gasteiger partial charge < -0.3 is 5.32 Å². The van der Waals surface area contributed by atoms with Gasteiger partial charge in [-0.1, -0.05) is 60.3 Å². The van der Waals surface area contributed by atoms with Crippen LogP contribution in [0.4, 0.5) is 4.79 Å². The van der Waals surface area contributed by atoms with Crippen molar-refractivity contribution in [1.82, 2.24) is 5.32 Å². The Morgan fingerprint density at radius 2 is 1.64 bits per heavy atom. The monoisotopic (exact) mass is 307 g/mol. The standard InChI is InChI=1S/C18H13NO2S/c1-10-6-2-3-7-11(10)17-14-15(19-18(21)22-17)12-8-4-5-9-13(12)16(14)20/h2-9,17H,1H3,(H,19,21)/t17-/m1/s1. The molecular formula is C18H13NO2S. The summed E-state index contributed by atoms with van der Waals surface area (Å²) in [5.41, 5.74) is 4.99. The van der Waals surface area contributed by atoms with Crippen LogP contribution in [0.15, 0.2) is 54.1 Å². The van der Waals surface area contributed by atoms with E-state index >= 15 is 0 Å². The molecule has 2 aliphatic rings. The molecule has 0 aromatic heterocycles. The molecule has 3 nitrogen and oxygen atoms in total. The van der Waals surface area contributed by atoms with Gasteiger partial charge in [-0.25, -0.2) is 0 Å². The lowest BCUT2D eigenvalue weighted by Crippen LogP contribution is -2.25. The number of nitrogens with one attached hydrogen (secondary N) is 1. The van der Waals surface area contributed by atoms with E-state index in [0.717, 1.165) is 16.7 Å². The van der Waals surface area contributed by atoms with Gasteiger partial charge in [0.05, 0.1) is 10.9 Å². The van der Waals surface area contributed by atoms with Crippen molar-refractivity contribution in [3.05, 3.63) is 76.4 Å². The SMILES string of the molecule is Cc1ccccc1[C@H]1SC(=O)NC2=C1C(=O)c1ccccc12. The highest BCUT2D eigenvalue weighted by Crippen LogP contribution is 2.48. The van der Waals surface area contributed by atoms with Gasteiger partial charge in [0.1, 0.15) is 0 Å². The third-order valence-electron chi connectivity index (χ3n) is 4.14. The molecule has 2 aromatic carbocycles. The van der Waals surface area contributed by atoms with Crippen molar-refractivity contribution in [2.24, 2.45) is 0 Å². The van der Waals surface area contributed by atoms with Gasteiger partial charge in [-0.3, -0.25) is 9.59 Å². The molecule has 2 aromatic rings. The van der Waals surface area contributed by atoms with Crippen LogP contribution in [-0.4, -0.2) is 11.0 Å². The van der Waals surface area contributed by atoms with Crippen LogP contribution in [0, 0.1) is 6.92 Å². The molecule has 0 fully saturated rings. The first-order chi connectivity index (χ1) is 10.7. The molecule has 4 rings (SSSR count). The highest BCUT2D eigenvalue weighted by Gasteiger charge is 2.40. The third-order valence-corrected chi connectivity index (χ3v) is 5.18. The maximum Gasteiger partial charge on any atom is 0.284 e. The van der Waals surface area contributed by atoms with Gasteiger partial charge in [0.2, 0.25) is 0 Å². The number of hydrogen-bond donors (Lipinski definition) is 1.